The Kier molecular flexibility index (Phi) is 5.79. The number of H-pyrrole nitrogens is 1. The summed E-state index contributed by atoms with van der Waals surface area (Å²) in [5.74, 6) is 1.36. The quantitative estimate of drug-likeness (QED) is 0.777. The van der Waals surface area contributed by atoms with E-state index in [1.165, 1.54) is 16.5 Å². The summed E-state index contributed by atoms with van der Waals surface area (Å²) < 4.78 is 23.5. The molecular weight excluding hydrogens is 412 g/mol. The largest absolute Gasteiger partial charge is 0.361 e. The summed E-state index contributed by atoms with van der Waals surface area (Å²) in [5, 5.41) is 1.32. The molecule has 3 saturated heterocycles. The second-order valence-corrected chi connectivity index (χ2v) is 11.5. The lowest BCUT2D eigenvalue weighted by Crippen LogP contribution is -2.54. The maximum absolute atomic E-state index is 12.8. The van der Waals surface area contributed by atoms with Crippen LogP contribution in [0.5, 0.6) is 0 Å². The van der Waals surface area contributed by atoms with Crippen molar-refractivity contribution in [1.82, 2.24) is 19.7 Å². The molecule has 1 amide bonds. The van der Waals surface area contributed by atoms with Crippen LogP contribution in [0.4, 0.5) is 0 Å². The van der Waals surface area contributed by atoms with Gasteiger partial charge in [-0.15, -0.1) is 0 Å². The molecule has 4 heterocycles. The summed E-state index contributed by atoms with van der Waals surface area (Å²) in [4.78, 5) is 22.8. The summed E-state index contributed by atoms with van der Waals surface area (Å²) in [5.41, 5.74) is 2.61. The fourth-order valence-corrected chi connectivity index (χ4v) is 7.29. The Balaban J connectivity index is 1.09. The van der Waals surface area contributed by atoms with Crippen LogP contribution in [0.1, 0.15) is 30.7 Å². The molecule has 7 nitrogen and oxygen atoms in total. The van der Waals surface area contributed by atoms with Crippen molar-refractivity contribution >= 4 is 26.6 Å². The van der Waals surface area contributed by atoms with Gasteiger partial charge in [-0.05, 0) is 49.9 Å². The Hall–Kier alpha value is -1.90. The Morgan fingerprint density at radius 1 is 1.00 bits per heavy atom. The average Bonchev–Trinajstić information content (AvgIpc) is 3.37. The van der Waals surface area contributed by atoms with Crippen molar-refractivity contribution in [3.8, 4) is 0 Å². The number of likely N-dealkylation sites (tertiary alicyclic amines) is 1. The molecule has 0 radical (unpaired) electrons. The first kappa shape index (κ1) is 21.0. The van der Waals surface area contributed by atoms with Crippen molar-refractivity contribution in [2.45, 2.75) is 31.2 Å². The number of para-hydroxylation sites is 1. The normalized spacial score (nSPS) is 25.9. The molecule has 1 atom stereocenters. The van der Waals surface area contributed by atoms with Crippen LogP contribution < -0.4 is 0 Å². The van der Waals surface area contributed by atoms with Crippen molar-refractivity contribution in [3.63, 3.8) is 0 Å². The average molecular weight is 445 g/mol. The highest BCUT2D eigenvalue weighted by Gasteiger charge is 2.34. The first-order valence-corrected chi connectivity index (χ1v) is 13.3. The van der Waals surface area contributed by atoms with Crippen molar-refractivity contribution in [3.05, 3.63) is 36.0 Å². The number of nitrogens with zero attached hydrogens (tertiary/aromatic N) is 3. The molecule has 5 rings (SSSR count). The third kappa shape index (κ3) is 4.52. The number of piperidine rings is 1. The minimum absolute atomic E-state index is 0.144. The number of piperazine rings is 1. The molecule has 3 aliphatic rings. The second kappa shape index (κ2) is 8.56. The van der Waals surface area contributed by atoms with Gasteiger partial charge in [-0.2, -0.15) is 0 Å². The third-order valence-electron chi connectivity index (χ3n) is 7.40. The van der Waals surface area contributed by atoms with Crippen molar-refractivity contribution in [1.29, 1.82) is 0 Å². The Labute approximate surface area is 184 Å². The number of aromatic nitrogens is 1. The van der Waals surface area contributed by atoms with Crippen LogP contribution >= 0.6 is 0 Å². The van der Waals surface area contributed by atoms with Crippen LogP contribution in [-0.4, -0.2) is 97.4 Å². The van der Waals surface area contributed by atoms with E-state index in [1.54, 1.807) is 0 Å². The van der Waals surface area contributed by atoms with E-state index in [9.17, 15) is 13.2 Å². The van der Waals surface area contributed by atoms with E-state index in [0.29, 0.717) is 31.3 Å². The smallest absolute Gasteiger partial charge is 0.236 e. The molecule has 0 aliphatic carbocycles. The van der Waals surface area contributed by atoms with Crippen LogP contribution in [0.25, 0.3) is 10.9 Å². The van der Waals surface area contributed by atoms with Crippen LogP contribution in [0.3, 0.4) is 0 Å². The first-order valence-electron chi connectivity index (χ1n) is 11.5. The molecule has 3 aliphatic heterocycles. The first-order chi connectivity index (χ1) is 15.0. The summed E-state index contributed by atoms with van der Waals surface area (Å²) in [7, 11) is -2.86. The van der Waals surface area contributed by atoms with Crippen molar-refractivity contribution in [2.24, 2.45) is 0 Å². The van der Waals surface area contributed by atoms with Gasteiger partial charge >= 0.3 is 0 Å². The van der Waals surface area contributed by atoms with Gasteiger partial charge in [0.1, 0.15) is 0 Å². The zero-order valence-electron chi connectivity index (χ0n) is 18.0. The van der Waals surface area contributed by atoms with Gasteiger partial charge in [0.05, 0.1) is 18.1 Å². The van der Waals surface area contributed by atoms with Gasteiger partial charge in [0.2, 0.25) is 5.91 Å². The number of sulfone groups is 1. The van der Waals surface area contributed by atoms with E-state index in [-0.39, 0.29) is 17.7 Å². The lowest BCUT2D eigenvalue weighted by molar-refractivity contribution is -0.134. The molecule has 1 aromatic heterocycles. The lowest BCUT2D eigenvalue weighted by Gasteiger charge is -2.39. The van der Waals surface area contributed by atoms with Crippen LogP contribution in [-0.2, 0) is 14.6 Å². The van der Waals surface area contributed by atoms with E-state index in [2.05, 4.69) is 45.2 Å². The summed E-state index contributed by atoms with van der Waals surface area (Å²) in [6.07, 6.45) is 5.06. The third-order valence-corrected chi connectivity index (χ3v) is 9.15. The monoisotopic (exact) mass is 444 g/mol. The zero-order valence-corrected chi connectivity index (χ0v) is 18.8. The van der Waals surface area contributed by atoms with Crippen molar-refractivity contribution in [2.75, 3.05) is 57.3 Å². The van der Waals surface area contributed by atoms with Gasteiger partial charge in [-0.1, -0.05) is 18.2 Å². The second-order valence-electron chi connectivity index (χ2n) is 9.31. The molecule has 0 bridgehead atoms. The number of fused-ring (bicyclic) bond motifs is 1. The van der Waals surface area contributed by atoms with E-state index >= 15 is 0 Å². The van der Waals surface area contributed by atoms with Crippen LogP contribution in [0, 0.1) is 0 Å². The predicted octanol–water partition coefficient (Wildman–Crippen LogP) is 1.68. The van der Waals surface area contributed by atoms with E-state index in [4.69, 9.17) is 0 Å². The van der Waals surface area contributed by atoms with E-state index in [1.807, 2.05) is 4.90 Å². The van der Waals surface area contributed by atoms with Gasteiger partial charge in [-0.3, -0.25) is 14.6 Å². The number of rotatable bonds is 4. The van der Waals surface area contributed by atoms with Crippen molar-refractivity contribution < 1.29 is 13.2 Å². The van der Waals surface area contributed by atoms with Crippen LogP contribution in [0.2, 0.25) is 0 Å². The highest BCUT2D eigenvalue weighted by molar-refractivity contribution is 7.91. The number of carbonyl (C=O) groups excluding carboxylic acids is 1. The molecule has 3 fully saturated rings. The molecule has 2 aromatic rings. The fraction of sp³-hybridized carbons (Fsp3) is 0.609. The Morgan fingerprint density at radius 3 is 2.45 bits per heavy atom. The Morgan fingerprint density at radius 2 is 1.74 bits per heavy atom. The molecule has 0 unspecified atom stereocenters. The number of nitrogens with one attached hydrogen (secondary N) is 1. The lowest BCUT2D eigenvalue weighted by atomic mass is 9.89. The topological polar surface area (TPSA) is 76.7 Å². The molecular formula is C23H32N4O3S. The number of hydrogen-bond donors (Lipinski definition) is 1. The molecule has 1 N–H and O–H groups in total. The minimum Gasteiger partial charge on any atom is -0.361 e. The molecule has 0 saturated carbocycles. The number of carbonyl (C=O) groups is 1. The van der Waals surface area contributed by atoms with Gasteiger partial charge in [-0.25, -0.2) is 8.42 Å². The highest BCUT2D eigenvalue weighted by atomic mass is 32.2. The summed E-state index contributed by atoms with van der Waals surface area (Å²) in [6, 6.07) is 8.62. The minimum atomic E-state index is -2.86. The van der Waals surface area contributed by atoms with Gasteiger partial charge in [0.15, 0.2) is 9.84 Å². The van der Waals surface area contributed by atoms with Gasteiger partial charge in [0.25, 0.3) is 0 Å². The van der Waals surface area contributed by atoms with E-state index in [0.717, 1.165) is 45.4 Å². The number of benzene rings is 1. The molecule has 31 heavy (non-hydrogen) atoms. The van der Waals surface area contributed by atoms with Crippen LogP contribution in [0.15, 0.2) is 30.5 Å². The zero-order chi connectivity index (χ0) is 21.4. The summed E-state index contributed by atoms with van der Waals surface area (Å²) >= 11 is 0. The number of hydrogen-bond acceptors (Lipinski definition) is 5. The maximum atomic E-state index is 12.8. The number of aromatic amines is 1. The maximum Gasteiger partial charge on any atom is 0.236 e. The molecule has 8 heteroatoms. The molecule has 168 valence electrons. The fourth-order valence-electron chi connectivity index (χ4n) is 5.52. The highest BCUT2D eigenvalue weighted by Crippen LogP contribution is 2.33. The van der Waals surface area contributed by atoms with E-state index < -0.39 is 9.84 Å². The Bertz CT molecular complexity index is 1030. The molecule has 1 aromatic carbocycles. The molecule has 0 spiro atoms. The number of amides is 1. The van der Waals surface area contributed by atoms with Gasteiger partial charge in [0, 0.05) is 49.3 Å². The van der Waals surface area contributed by atoms with Gasteiger partial charge < -0.3 is 9.88 Å². The summed E-state index contributed by atoms with van der Waals surface area (Å²) in [6.45, 7) is 5.40. The predicted molar refractivity (Wildman–Crippen MR) is 122 cm³/mol. The standard InChI is InChI=1S/C23H32N4O3S/c28-23(27-12-10-26(11-13-27)19-7-14-31(29,30)17-19)16-25-8-5-18(6-9-25)21-15-24-22-4-2-1-3-20(21)22/h1-4,15,18-19,24H,5-14,16-17H2/t19-/m1/s1. The SMILES string of the molecule is O=C(CN1CCC(c2c[nH]c3ccccc23)CC1)N1CCN([C@@H]2CCS(=O)(=O)C2)CC1.